The third-order valence-electron chi connectivity index (χ3n) is 3.36. The maximum Gasteiger partial charge on any atom is 0.269 e. The lowest BCUT2D eigenvalue weighted by Gasteiger charge is -2.24. The number of benzene rings is 1. The number of hydrogen-bond acceptors (Lipinski definition) is 5. The van der Waals surface area contributed by atoms with Gasteiger partial charge in [0, 0.05) is 18.7 Å². The lowest BCUT2D eigenvalue weighted by Crippen LogP contribution is -2.31. The van der Waals surface area contributed by atoms with Gasteiger partial charge in [0.1, 0.15) is 5.37 Å². The quantitative estimate of drug-likeness (QED) is 0.595. The maximum absolute atomic E-state index is 12.0. The van der Waals surface area contributed by atoms with Crippen LogP contribution in [-0.4, -0.2) is 53.6 Å². The summed E-state index contributed by atoms with van der Waals surface area (Å²) in [6.07, 6.45) is 0.919. The average Bonchev–Trinajstić information content (AvgIpc) is 2.80. The molecule has 0 saturated carbocycles. The molecule has 0 aliphatic carbocycles. The standard InChI is InChI=1S/C14H19N3O3S/c1-15(2)8-3-9-16-13(18)10-21-14(16)11-4-6-12(7-5-11)17(19)20/h4-7,14H,3,8-10H2,1-2H3/t14-/m1/s1. The molecule has 0 radical (unpaired) electrons. The van der Waals surface area contributed by atoms with Crippen molar-refractivity contribution in [1.29, 1.82) is 0 Å². The Morgan fingerprint density at radius 3 is 2.62 bits per heavy atom. The van der Waals surface area contributed by atoms with E-state index in [-0.39, 0.29) is 17.0 Å². The smallest absolute Gasteiger partial charge is 0.269 e. The Labute approximate surface area is 128 Å². The molecule has 1 aromatic rings. The van der Waals surface area contributed by atoms with Gasteiger partial charge in [-0.2, -0.15) is 0 Å². The molecule has 1 aliphatic rings. The molecular weight excluding hydrogens is 290 g/mol. The van der Waals surface area contributed by atoms with Crippen LogP contribution in [0.1, 0.15) is 17.4 Å². The largest absolute Gasteiger partial charge is 0.326 e. The van der Waals surface area contributed by atoms with Crippen LogP contribution in [-0.2, 0) is 4.79 Å². The zero-order chi connectivity index (χ0) is 15.4. The zero-order valence-electron chi connectivity index (χ0n) is 12.2. The summed E-state index contributed by atoms with van der Waals surface area (Å²) in [6, 6.07) is 6.48. The van der Waals surface area contributed by atoms with Crippen LogP contribution in [0.2, 0.25) is 0 Å². The summed E-state index contributed by atoms with van der Waals surface area (Å²) in [5.41, 5.74) is 1.02. The first-order chi connectivity index (χ1) is 9.99. The number of hydrogen-bond donors (Lipinski definition) is 0. The predicted molar refractivity (Wildman–Crippen MR) is 83.2 cm³/mol. The van der Waals surface area contributed by atoms with Crippen LogP contribution in [0.25, 0.3) is 0 Å². The number of nitrogens with zero attached hydrogens (tertiary/aromatic N) is 3. The molecule has 1 aliphatic heterocycles. The summed E-state index contributed by atoms with van der Waals surface area (Å²) in [5, 5.41) is 10.7. The molecule has 21 heavy (non-hydrogen) atoms. The number of thioether (sulfide) groups is 1. The van der Waals surface area contributed by atoms with E-state index in [0.29, 0.717) is 12.3 Å². The number of carbonyl (C=O) groups excluding carboxylic acids is 1. The lowest BCUT2D eigenvalue weighted by molar-refractivity contribution is -0.384. The number of nitro benzene ring substituents is 1. The van der Waals surface area contributed by atoms with Crippen LogP contribution in [0.3, 0.4) is 0 Å². The van der Waals surface area contributed by atoms with Gasteiger partial charge in [-0.05, 0) is 44.8 Å². The van der Waals surface area contributed by atoms with Gasteiger partial charge >= 0.3 is 0 Å². The van der Waals surface area contributed by atoms with Crippen molar-refractivity contribution >= 4 is 23.4 Å². The molecule has 1 atom stereocenters. The molecule has 7 heteroatoms. The first-order valence-corrected chi connectivity index (χ1v) is 7.84. The van der Waals surface area contributed by atoms with E-state index in [2.05, 4.69) is 4.90 Å². The SMILES string of the molecule is CN(C)CCCN1C(=O)CS[C@@H]1c1ccc([N+](=O)[O-])cc1. The second-order valence-electron chi connectivity index (χ2n) is 5.26. The van der Waals surface area contributed by atoms with Gasteiger partial charge in [0.25, 0.3) is 5.69 Å². The second-order valence-corrected chi connectivity index (χ2v) is 6.32. The predicted octanol–water partition coefficient (Wildman–Crippen LogP) is 2.12. The van der Waals surface area contributed by atoms with E-state index in [9.17, 15) is 14.9 Å². The first-order valence-electron chi connectivity index (χ1n) is 6.79. The minimum Gasteiger partial charge on any atom is -0.326 e. The van der Waals surface area contributed by atoms with E-state index in [0.717, 1.165) is 18.5 Å². The van der Waals surface area contributed by atoms with Gasteiger partial charge in [0.2, 0.25) is 5.91 Å². The zero-order valence-corrected chi connectivity index (χ0v) is 13.0. The monoisotopic (exact) mass is 309 g/mol. The third-order valence-corrected chi connectivity index (χ3v) is 4.62. The fourth-order valence-electron chi connectivity index (χ4n) is 2.29. The Balaban J connectivity index is 2.06. The van der Waals surface area contributed by atoms with Crippen LogP contribution in [0.15, 0.2) is 24.3 Å². The van der Waals surface area contributed by atoms with Crippen molar-refractivity contribution in [2.24, 2.45) is 0 Å². The Morgan fingerprint density at radius 1 is 1.38 bits per heavy atom. The van der Waals surface area contributed by atoms with Gasteiger partial charge in [0.05, 0.1) is 10.7 Å². The minimum atomic E-state index is -0.411. The van der Waals surface area contributed by atoms with E-state index in [4.69, 9.17) is 0 Å². The number of non-ortho nitro benzene ring substituents is 1. The van der Waals surface area contributed by atoms with Crippen molar-refractivity contribution in [3.8, 4) is 0 Å². The summed E-state index contributed by atoms with van der Waals surface area (Å²) in [5.74, 6) is 0.617. The van der Waals surface area contributed by atoms with Gasteiger partial charge in [-0.1, -0.05) is 0 Å². The van der Waals surface area contributed by atoms with Crippen LogP contribution in [0.5, 0.6) is 0 Å². The molecule has 1 heterocycles. The molecule has 0 N–H and O–H groups in total. The van der Waals surface area contributed by atoms with Crippen molar-refractivity contribution in [3.05, 3.63) is 39.9 Å². The van der Waals surface area contributed by atoms with Crippen molar-refractivity contribution in [1.82, 2.24) is 9.80 Å². The van der Waals surface area contributed by atoms with Crippen molar-refractivity contribution < 1.29 is 9.72 Å². The summed E-state index contributed by atoms with van der Waals surface area (Å²) in [6.45, 7) is 1.65. The molecule has 1 aromatic carbocycles. The van der Waals surface area contributed by atoms with E-state index < -0.39 is 4.92 Å². The van der Waals surface area contributed by atoms with Crippen LogP contribution in [0, 0.1) is 10.1 Å². The minimum absolute atomic E-state index is 0.0273. The number of rotatable bonds is 6. The maximum atomic E-state index is 12.0. The normalized spacial score (nSPS) is 18.5. The average molecular weight is 309 g/mol. The number of nitro groups is 1. The Hall–Kier alpha value is -1.60. The molecule has 1 amide bonds. The van der Waals surface area contributed by atoms with Crippen LogP contribution < -0.4 is 0 Å². The lowest BCUT2D eigenvalue weighted by atomic mass is 10.2. The fraction of sp³-hybridized carbons (Fsp3) is 0.500. The van der Waals surface area contributed by atoms with Gasteiger partial charge in [0.15, 0.2) is 0 Å². The molecule has 1 saturated heterocycles. The number of carbonyl (C=O) groups is 1. The Kier molecular flexibility index (Phi) is 5.19. The molecule has 0 spiro atoms. The highest BCUT2D eigenvalue weighted by molar-refractivity contribution is 8.00. The summed E-state index contributed by atoms with van der Waals surface area (Å²) >= 11 is 1.58. The molecule has 0 unspecified atom stereocenters. The van der Waals surface area contributed by atoms with Crippen molar-refractivity contribution in [3.63, 3.8) is 0 Å². The topological polar surface area (TPSA) is 66.7 Å². The molecule has 6 nitrogen and oxygen atoms in total. The van der Waals surface area contributed by atoms with Gasteiger partial charge in [-0.15, -0.1) is 11.8 Å². The second kappa shape index (κ2) is 6.91. The van der Waals surface area contributed by atoms with Gasteiger partial charge in [-0.25, -0.2) is 0 Å². The summed E-state index contributed by atoms with van der Waals surface area (Å²) in [4.78, 5) is 26.2. The molecule has 1 fully saturated rings. The van der Waals surface area contributed by atoms with Crippen molar-refractivity contribution in [2.75, 3.05) is 32.9 Å². The van der Waals surface area contributed by atoms with E-state index in [1.165, 1.54) is 12.1 Å². The summed E-state index contributed by atoms with van der Waals surface area (Å²) in [7, 11) is 4.02. The third kappa shape index (κ3) is 3.95. The fourth-order valence-corrected chi connectivity index (χ4v) is 3.51. The molecule has 114 valence electrons. The number of amides is 1. The summed E-state index contributed by atoms with van der Waals surface area (Å²) < 4.78 is 0. The molecular formula is C14H19N3O3S. The van der Waals surface area contributed by atoms with Crippen LogP contribution >= 0.6 is 11.8 Å². The van der Waals surface area contributed by atoms with Gasteiger partial charge in [-0.3, -0.25) is 14.9 Å². The highest BCUT2D eigenvalue weighted by Gasteiger charge is 2.32. The molecule has 0 aromatic heterocycles. The van der Waals surface area contributed by atoms with E-state index in [1.54, 1.807) is 23.9 Å². The van der Waals surface area contributed by atoms with E-state index >= 15 is 0 Å². The van der Waals surface area contributed by atoms with Crippen LogP contribution in [0.4, 0.5) is 5.69 Å². The highest BCUT2D eigenvalue weighted by atomic mass is 32.2. The Morgan fingerprint density at radius 2 is 2.05 bits per heavy atom. The van der Waals surface area contributed by atoms with E-state index in [1.807, 2.05) is 19.0 Å². The van der Waals surface area contributed by atoms with Crippen molar-refractivity contribution in [2.45, 2.75) is 11.8 Å². The molecule has 0 bridgehead atoms. The Bertz CT molecular complexity index is 519. The molecule has 2 rings (SSSR count). The highest BCUT2D eigenvalue weighted by Crippen LogP contribution is 2.38. The van der Waals surface area contributed by atoms with Gasteiger partial charge < -0.3 is 9.80 Å². The first kappa shape index (κ1) is 15.8.